The Morgan fingerprint density at radius 3 is 2.14 bits per heavy atom. The SMILES string of the molecule is CC(NC(=O)CC1CCCCC1)C(=O)N[C@H](C(=O)O)C(C)C. The van der Waals surface area contributed by atoms with Crippen molar-refractivity contribution >= 4 is 17.8 Å². The Kier molecular flexibility index (Phi) is 7.35. The summed E-state index contributed by atoms with van der Waals surface area (Å²) in [6.45, 7) is 5.03. The molecule has 0 saturated heterocycles. The van der Waals surface area contributed by atoms with Gasteiger partial charge < -0.3 is 15.7 Å². The lowest BCUT2D eigenvalue weighted by Crippen LogP contribution is -2.52. The largest absolute Gasteiger partial charge is 0.480 e. The lowest BCUT2D eigenvalue weighted by atomic mass is 9.87. The van der Waals surface area contributed by atoms with Crippen molar-refractivity contribution in [2.75, 3.05) is 0 Å². The van der Waals surface area contributed by atoms with Crippen LogP contribution in [0.15, 0.2) is 0 Å². The van der Waals surface area contributed by atoms with Gasteiger partial charge in [-0.15, -0.1) is 0 Å². The van der Waals surface area contributed by atoms with Gasteiger partial charge in [0.2, 0.25) is 11.8 Å². The minimum atomic E-state index is -1.07. The molecule has 0 aromatic carbocycles. The molecule has 0 aromatic rings. The summed E-state index contributed by atoms with van der Waals surface area (Å²) in [6, 6.07) is -1.66. The maximum absolute atomic E-state index is 12.0. The van der Waals surface area contributed by atoms with Gasteiger partial charge in [-0.2, -0.15) is 0 Å². The summed E-state index contributed by atoms with van der Waals surface area (Å²) in [7, 11) is 0. The van der Waals surface area contributed by atoms with E-state index < -0.39 is 24.0 Å². The first kappa shape index (κ1) is 18.5. The number of nitrogens with one attached hydrogen (secondary N) is 2. The summed E-state index contributed by atoms with van der Waals surface area (Å²) in [6.07, 6.45) is 6.17. The van der Waals surface area contributed by atoms with E-state index in [9.17, 15) is 14.4 Å². The molecule has 6 heteroatoms. The molecule has 0 spiro atoms. The summed E-state index contributed by atoms with van der Waals surface area (Å²) < 4.78 is 0. The first-order chi connectivity index (χ1) is 10.3. The maximum Gasteiger partial charge on any atom is 0.326 e. The van der Waals surface area contributed by atoms with Gasteiger partial charge >= 0.3 is 5.97 Å². The molecule has 1 aliphatic carbocycles. The van der Waals surface area contributed by atoms with Crippen LogP contribution in [0.3, 0.4) is 0 Å². The standard InChI is InChI=1S/C16H28N2O4/c1-10(2)14(16(21)22)18-15(20)11(3)17-13(19)9-12-7-5-4-6-8-12/h10-12,14H,4-9H2,1-3H3,(H,17,19)(H,18,20)(H,21,22)/t11?,14-/m0/s1. The summed E-state index contributed by atoms with van der Waals surface area (Å²) >= 11 is 0. The monoisotopic (exact) mass is 312 g/mol. The second-order valence-corrected chi connectivity index (χ2v) is 6.57. The van der Waals surface area contributed by atoms with Gasteiger partial charge in [0.05, 0.1) is 0 Å². The topological polar surface area (TPSA) is 95.5 Å². The molecule has 2 atom stereocenters. The van der Waals surface area contributed by atoms with Gasteiger partial charge in [0.1, 0.15) is 12.1 Å². The highest BCUT2D eigenvalue weighted by molar-refractivity contribution is 5.90. The molecule has 3 N–H and O–H groups in total. The van der Waals surface area contributed by atoms with E-state index >= 15 is 0 Å². The molecule has 1 aliphatic rings. The highest BCUT2D eigenvalue weighted by Crippen LogP contribution is 2.26. The molecule has 22 heavy (non-hydrogen) atoms. The number of carbonyl (C=O) groups excluding carboxylic acids is 2. The molecule has 0 heterocycles. The molecule has 6 nitrogen and oxygen atoms in total. The van der Waals surface area contributed by atoms with Gasteiger partial charge in [-0.3, -0.25) is 9.59 Å². The zero-order valence-corrected chi connectivity index (χ0v) is 13.7. The quantitative estimate of drug-likeness (QED) is 0.666. The van der Waals surface area contributed by atoms with Crippen LogP contribution < -0.4 is 10.6 Å². The summed E-state index contributed by atoms with van der Waals surface area (Å²) in [5, 5.41) is 14.2. The van der Waals surface area contributed by atoms with Crippen molar-refractivity contribution in [3.05, 3.63) is 0 Å². The Bertz CT molecular complexity index is 403. The average molecular weight is 312 g/mol. The van der Waals surface area contributed by atoms with Gasteiger partial charge in [0.25, 0.3) is 0 Å². The third-order valence-electron chi connectivity index (χ3n) is 4.20. The van der Waals surface area contributed by atoms with E-state index in [0.717, 1.165) is 12.8 Å². The molecule has 1 saturated carbocycles. The fourth-order valence-electron chi connectivity index (χ4n) is 2.81. The summed E-state index contributed by atoms with van der Waals surface area (Å²) in [5.74, 6) is -1.47. The van der Waals surface area contributed by atoms with Crippen molar-refractivity contribution < 1.29 is 19.5 Å². The van der Waals surface area contributed by atoms with E-state index in [-0.39, 0.29) is 11.8 Å². The molecule has 1 unspecified atom stereocenters. The Hall–Kier alpha value is -1.59. The van der Waals surface area contributed by atoms with Crippen LogP contribution in [0, 0.1) is 11.8 Å². The van der Waals surface area contributed by atoms with Gasteiger partial charge in [-0.1, -0.05) is 33.1 Å². The number of carbonyl (C=O) groups is 3. The van der Waals surface area contributed by atoms with Crippen molar-refractivity contribution in [3.8, 4) is 0 Å². The number of carboxylic acids is 1. The van der Waals surface area contributed by atoms with Crippen LogP contribution >= 0.6 is 0 Å². The number of hydrogen-bond acceptors (Lipinski definition) is 3. The molecule has 0 aliphatic heterocycles. The Balaban J connectivity index is 2.42. The van der Waals surface area contributed by atoms with Crippen LogP contribution in [0.25, 0.3) is 0 Å². The molecule has 1 rings (SSSR count). The van der Waals surface area contributed by atoms with E-state index in [4.69, 9.17) is 5.11 Å². The van der Waals surface area contributed by atoms with Crippen LogP contribution in [-0.4, -0.2) is 35.0 Å². The van der Waals surface area contributed by atoms with Crippen molar-refractivity contribution in [1.82, 2.24) is 10.6 Å². The average Bonchev–Trinajstić information content (AvgIpc) is 2.44. The zero-order chi connectivity index (χ0) is 16.7. The fraction of sp³-hybridized carbons (Fsp3) is 0.812. The van der Waals surface area contributed by atoms with Crippen molar-refractivity contribution in [2.24, 2.45) is 11.8 Å². The summed E-state index contributed by atoms with van der Waals surface area (Å²) in [5.41, 5.74) is 0. The number of hydrogen-bond donors (Lipinski definition) is 3. The number of aliphatic carboxylic acids is 1. The second-order valence-electron chi connectivity index (χ2n) is 6.57. The molecule has 2 amide bonds. The molecule has 0 bridgehead atoms. The predicted molar refractivity (Wildman–Crippen MR) is 83.2 cm³/mol. The third kappa shape index (κ3) is 6.03. The number of carboxylic acid groups (broad SMARTS) is 1. The first-order valence-corrected chi connectivity index (χ1v) is 8.13. The third-order valence-corrected chi connectivity index (χ3v) is 4.20. The van der Waals surface area contributed by atoms with Gasteiger partial charge in [0.15, 0.2) is 0 Å². The van der Waals surface area contributed by atoms with Crippen LogP contribution in [0.4, 0.5) is 0 Å². The van der Waals surface area contributed by atoms with E-state index in [0.29, 0.717) is 12.3 Å². The molecule has 0 radical (unpaired) electrons. The number of amides is 2. The van der Waals surface area contributed by atoms with E-state index in [1.807, 2.05) is 0 Å². The zero-order valence-electron chi connectivity index (χ0n) is 13.7. The highest BCUT2D eigenvalue weighted by Gasteiger charge is 2.26. The minimum absolute atomic E-state index is 0.133. The molecular weight excluding hydrogens is 284 g/mol. The van der Waals surface area contributed by atoms with Crippen LogP contribution in [0.1, 0.15) is 59.3 Å². The van der Waals surface area contributed by atoms with Gasteiger partial charge in [0, 0.05) is 6.42 Å². The predicted octanol–water partition coefficient (Wildman–Crippen LogP) is 1.69. The van der Waals surface area contributed by atoms with E-state index in [2.05, 4.69) is 10.6 Å². The summed E-state index contributed by atoms with van der Waals surface area (Å²) in [4.78, 5) is 35.1. The van der Waals surface area contributed by atoms with Crippen LogP contribution in [0.2, 0.25) is 0 Å². The second kappa shape index (κ2) is 8.76. The van der Waals surface area contributed by atoms with Gasteiger partial charge in [-0.25, -0.2) is 4.79 Å². The molecule has 126 valence electrons. The Morgan fingerprint density at radius 1 is 1.05 bits per heavy atom. The maximum atomic E-state index is 12.0. The van der Waals surface area contributed by atoms with Crippen LogP contribution in [0.5, 0.6) is 0 Å². The Morgan fingerprint density at radius 2 is 1.64 bits per heavy atom. The number of rotatable bonds is 7. The van der Waals surface area contributed by atoms with Crippen molar-refractivity contribution in [1.29, 1.82) is 0 Å². The smallest absolute Gasteiger partial charge is 0.326 e. The lowest BCUT2D eigenvalue weighted by Gasteiger charge is -2.23. The van der Waals surface area contributed by atoms with Crippen molar-refractivity contribution in [3.63, 3.8) is 0 Å². The van der Waals surface area contributed by atoms with E-state index in [1.54, 1.807) is 20.8 Å². The molecule has 1 fully saturated rings. The fourth-order valence-corrected chi connectivity index (χ4v) is 2.81. The molecule has 0 aromatic heterocycles. The minimum Gasteiger partial charge on any atom is -0.480 e. The van der Waals surface area contributed by atoms with Crippen molar-refractivity contribution in [2.45, 2.75) is 71.4 Å². The van der Waals surface area contributed by atoms with Crippen LogP contribution in [-0.2, 0) is 14.4 Å². The van der Waals surface area contributed by atoms with E-state index in [1.165, 1.54) is 19.3 Å². The first-order valence-electron chi connectivity index (χ1n) is 8.13. The highest BCUT2D eigenvalue weighted by atomic mass is 16.4. The normalized spacial score (nSPS) is 18.5. The molecular formula is C16H28N2O4. The Labute approximate surface area is 132 Å². The lowest BCUT2D eigenvalue weighted by molar-refractivity contribution is -0.143. The van der Waals surface area contributed by atoms with Gasteiger partial charge in [-0.05, 0) is 31.6 Å².